The molecule has 9 nitrogen and oxygen atoms in total. The van der Waals surface area contributed by atoms with Gasteiger partial charge in [-0.15, -0.1) is 0 Å². The number of allylic oxidation sites excluding steroid dienone is 1. The van der Waals surface area contributed by atoms with Gasteiger partial charge in [-0.3, -0.25) is 9.69 Å². The Bertz CT molecular complexity index is 1060. The molecule has 0 bridgehead atoms. The lowest BCUT2D eigenvalue weighted by atomic mass is 9.93. The van der Waals surface area contributed by atoms with Gasteiger partial charge in [-0.2, -0.15) is 0 Å². The molecule has 0 unspecified atom stereocenters. The number of rotatable bonds is 9. The summed E-state index contributed by atoms with van der Waals surface area (Å²) in [6.45, 7) is 10.1. The average Bonchev–Trinajstić information content (AvgIpc) is 3.25. The van der Waals surface area contributed by atoms with E-state index in [1.165, 1.54) is 11.8 Å². The van der Waals surface area contributed by atoms with Crippen LogP contribution in [-0.4, -0.2) is 79.5 Å². The van der Waals surface area contributed by atoms with Gasteiger partial charge in [-0.1, -0.05) is 23.9 Å². The fraction of sp³-hybridized carbons (Fsp3) is 0.500. The van der Waals surface area contributed by atoms with E-state index in [2.05, 4.69) is 10.2 Å². The molecule has 0 radical (unpaired) electrons. The summed E-state index contributed by atoms with van der Waals surface area (Å²) in [6.07, 6.45) is -0.0761. The van der Waals surface area contributed by atoms with Crippen LogP contribution >= 0.6 is 11.8 Å². The lowest BCUT2D eigenvalue weighted by Gasteiger charge is -2.36. The highest BCUT2D eigenvalue weighted by molar-refractivity contribution is 8.16. The number of ether oxygens (including phenoxy) is 3. The molecular weight excluding hydrogens is 480 g/mol. The first kappa shape index (κ1) is 26.2. The van der Waals surface area contributed by atoms with Crippen molar-refractivity contribution in [3.8, 4) is 5.75 Å². The zero-order valence-electron chi connectivity index (χ0n) is 21.3. The van der Waals surface area contributed by atoms with Gasteiger partial charge in [-0.05, 0) is 43.9 Å². The zero-order valence-corrected chi connectivity index (χ0v) is 22.1. The molecule has 1 fully saturated rings. The molecule has 1 aromatic rings. The van der Waals surface area contributed by atoms with Crippen LogP contribution in [0.3, 0.4) is 0 Å². The molecule has 1 atom stereocenters. The van der Waals surface area contributed by atoms with E-state index in [9.17, 15) is 9.59 Å². The Labute approximate surface area is 216 Å². The van der Waals surface area contributed by atoms with Gasteiger partial charge in [0, 0.05) is 31.9 Å². The van der Waals surface area contributed by atoms with E-state index >= 15 is 0 Å². The highest BCUT2D eigenvalue weighted by atomic mass is 32.2. The van der Waals surface area contributed by atoms with Gasteiger partial charge in [0.1, 0.15) is 5.75 Å². The first-order chi connectivity index (χ1) is 17.4. The second kappa shape index (κ2) is 11.9. The molecule has 194 valence electrons. The summed E-state index contributed by atoms with van der Waals surface area (Å²) in [6, 6.07) is 7.15. The van der Waals surface area contributed by atoms with E-state index in [1.54, 1.807) is 7.11 Å². The number of thioether (sulfide) groups is 1. The van der Waals surface area contributed by atoms with Crippen molar-refractivity contribution >= 4 is 28.8 Å². The van der Waals surface area contributed by atoms with Crippen molar-refractivity contribution in [1.29, 1.82) is 0 Å². The Hall–Kier alpha value is -2.82. The summed E-state index contributed by atoms with van der Waals surface area (Å²) in [5.74, 6) is 0.251. The standard InChI is InChI=1S/C26H34N4O5S/c1-17(2)35-25(32)23-18(3)28-26-30(24(23)19-5-7-21(33-4)8-6-19)20(16-36-26)15-22(31)27-9-10-29-11-13-34-14-12-29/h5-8,16-17,24H,9-15H2,1-4H3,(H,27,31)/t24-/m1/s1. The fourth-order valence-electron chi connectivity index (χ4n) is 4.42. The molecule has 0 aromatic heterocycles. The molecule has 1 aromatic carbocycles. The maximum absolute atomic E-state index is 13.2. The molecule has 3 aliphatic heterocycles. The average molecular weight is 515 g/mol. The van der Waals surface area contributed by atoms with Crippen molar-refractivity contribution in [2.45, 2.75) is 39.3 Å². The lowest BCUT2D eigenvalue weighted by molar-refractivity contribution is -0.143. The number of benzene rings is 1. The predicted octanol–water partition coefficient (Wildman–Crippen LogP) is 3.06. The summed E-state index contributed by atoms with van der Waals surface area (Å²) >= 11 is 1.46. The quantitative estimate of drug-likeness (QED) is 0.503. The minimum Gasteiger partial charge on any atom is -0.497 e. The molecular formula is C26H34N4O5S. The third kappa shape index (κ3) is 6.11. The third-order valence-electron chi connectivity index (χ3n) is 6.19. The van der Waals surface area contributed by atoms with Crippen LogP contribution in [0.15, 0.2) is 51.6 Å². The number of morpholine rings is 1. The summed E-state index contributed by atoms with van der Waals surface area (Å²) in [7, 11) is 1.62. The van der Waals surface area contributed by atoms with Gasteiger partial charge in [0.05, 0.1) is 50.2 Å². The van der Waals surface area contributed by atoms with Crippen molar-refractivity contribution in [3.05, 3.63) is 52.2 Å². The van der Waals surface area contributed by atoms with Crippen molar-refractivity contribution in [1.82, 2.24) is 15.1 Å². The third-order valence-corrected chi connectivity index (χ3v) is 7.08. The normalized spacial score (nSPS) is 20.1. The van der Waals surface area contributed by atoms with Crippen molar-refractivity contribution in [2.24, 2.45) is 4.99 Å². The number of amidine groups is 1. The summed E-state index contributed by atoms with van der Waals surface area (Å²) in [5.41, 5.74) is 2.77. The van der Waals surface area contributed by atoms with Crippen LogP contribution < -0.4 is 10.1 Å². The molecule has 10 heteroatoms. The van der Waals surface area contributed by atoms with E-state index in [0.717, 1.165) is 55.0 Å². The molecule has 36 heavy (non-hydrogen) atoms. The van der Waals surface area contributed by atoms with Crippen molar-refractivity contribution in [3.63, 3.8) is 0 Å². The number of esters is 1. The Morgan fingerprint density at radius 2 is 1.94 bits per heavy atom. The van der Waals surface area contributed by atoms with Crippen molar-refractivity contribution in [2.75, 3.05) is 46.5 Å². The molecule has 1 amide bonds. The Morgan fingerprint density at radius 1 is 1.22 bits per heavy atom. The number of hydrogen-bond acceptors (Lipinski definition) is 9. The topological polar surface area (TPSA) is 92.7 Å². The first-order valence-electron chi connectivity index (χ1n) is 12.2. The number of carbonyl (C=O) groups is 2. The summed E-state index contributed by atoms with van der Waals surface area (Å²) < 4.78 is 16.3. The molecule has 1 saturated heterocycles. The first-order valence-corrected chi connectivity index (χ1v) is 13.1. The Kier molecular flexibility index (Phi) is 8.71. The summed E-state index contributed by atoms with van der Waals surface area (Å²) in [4.78, 5) is 35.1. The number of aliphatic imine (C=N–C) groups is 1. The lowest BCUT2D eigenvalue weighted by Crippen LogP contribution is -2.42. The number of nitrogens with zero attached hydrogens (tertiary/aromatic N) is 3. The maximum Gasteiger partial charge on any atom is 0.338 e. The van der Waals surface area contributed by atoms with Crippen LogP contribution in [0.2, 0.25) is 0 Å². The number of carbonyl (C=O) groups excluding carboxylic acids is 2. The Morgan fingerprint density at radius 3 is 2.61 bits per heavy atom. The molecule has 1 N–H and O–H groups in total. The highest BCUT2D eigenvalue weighted by Crippen LogP contribution is 2.45. The summed E-state index contributed by atoms with van der Waals surface area (Å²) in [5, 5.41) is 5.72. The van der Waals surface area contributed by atoms with Gasteiger partial charge in [0.15, 0.2) is 5.17 Å². The largest absolute Gasteiger partial charge is 0.497 e. The van der Waals surface area contributed by atoms with Crippen LogP contribution in [0, 0.1) is 0 Å². The number of nitrogens with one attached hydrogen (secondary N) is 1. The number of amides is 1. The molecule has 0 aliphatic carbocycles. The van der Waals surface area contributed by atoms with Gasteiger partial charge in [0.25, 0.3) is 0 Å². The highest BCUT2D eigenvalue weighted by Gasteiger charge is 2.41. The SMILES string of the molecule is COc1ccc([C@@H]2C(C(=O)OC(C)C)=C(C)N=C3SC=C(CC(=O)NCCN4CCOCC4)N32)cc1. The number of hydrogen-bond donors (Lipinski definition) is 1. The molecule has 0 saturated carbocycles. The Balaban J connectivity index is 1.53. The minimum absolute atomic E-state index is 0.0672. The van der Waals surface area contributed by atoms with Crippen LogP contribution in [0.5, 0.6) is 5.75 Å². The molecule has 0 spiro atoms. The van der Waals surface area contributed by atoms with Crippen LogP contribution in [-0.2, 0) is 19.1 Å². The van der Waals surface area contributed by atoms with E-state index in [-0.39, 0.29) is 18.4 Å². The molecule has 3 aliphatic rings. The minimum atomic E-state index is -0.461. The predicted molar refractivity (Wildman–Crippen MR) is 139 cm³/mol. The van der Waals surface area contributed by atoms with Gasteiger partial charge in [-0.25, -0.2) is 9.79 Å². The monoisotopic (exact) mass is 514 g/mol. The number of fused-ring (bicyclic) bond motifs is 1. The number of methoxy groups -OCH3 is 1. The van der Waals surface area contributed by atoms with Crippen molar-refractivity contribution < 1.29 is 23.8 Å². The van der Waals surface area contributed by atoms with E-state index in [4.69, 9.17) is 19.2 Å². The molecule has 4 rings (SSSR count). The zero-order chi connectivity index (χ0) is 25.7. The van der Waals surface area contributed by atoms with E-state index in [1.807, 2.05) is 55.3 Å². The van der Waals surface area contributed by atoms with Crippen LogP contribution in [0.1, 0.15) is 38.8 Å². The van der Waals surface area contributed by atoms with Gasteiger partial charge >= 0.3 is 5.97 Å². The second-order valence-electron chi connectivity index (χ2n) is 9.10. The van der Waals surface area contributed by atoms with Crippen LogP contribution in [0.4, 0.5) is 0 Å². The molecule has 3 heterocycles. The fourth-order valence-corrected chi connectivity index (χ4v) is 5.38. The van der Waals surface area contributed by atoms with E-state index in [0.29, 0.717) is 17.8 Å². The van der Waals surface area contributed by atoms with E-state index < -0.39 is 12.0 Å². The van der Waals surface area contributed by atoms with Gasteiger partial charge in [0.2, 0.25) is 5.91 Å². The smallest absolute Gasteiger partial charge is 0.338 e. The van der Waals surface area contributed by atoms with Crippen LogP contribution in [0.25, 0.3) is 0 Å². The second-order valence-corrected chi connectivity index (χ2v) is 9.94. The van der Waals surface area contributed by atoms with Gasteiger partial charge < -0.3 is 24.4 Å². The maximum atomic E-state index is 13.2.